The fourth-order valence-corrected chi connectivity index (χ4v) is 1.31. The van der Waals surface area contributed by atoms with Gasteiger partial charge in [0.25, 0.3) is 0 Å². The van der Waals surface area contributed by atoms with E-state index in [1.807, 2.05) is 6.08 Å². The zero-order valence-electron chi connectivity index (χ0n) is 9.82. The van der Waals surface area contributed by atoms with E-state index in [2.05, 4.69) is 22.0 Å². The normalized spacial score (nSPS) is 17.6. The zero-order valence-corrected chi connectivity index (χ0v) is 9.82. The zero-order chi connectivity index (χ0) is 11.8. The molecule has 16 heavy (non-hydrogen) atoms. The molecule has 0 aromatic heterocycles. The van der Waals surface area contributed by atoms with Crippen LogP contribution in [-0.2, 0) is 9.53 Å². The Hall–Kier alpha value is -1.58. The van der Waals surface area contributed by atoms with Crippen LogP contribution in [0.3, 0.4) is 0 Å². The first-order chi connectivity index (χ1) is 7.77. The topological polar surface area (TPSA) is 50.7 Å². The SMILES string of the molecule is CCCCN=C1CC=C(C(=O)OC)C=CN1. The Kier molecular flexibility index (Phi) is 5.32. The minimum atomic E-state index is -0.312. The van der Waals surface area contributed by atoms with Crippen LogP contribution in [0.5, 0.6) is 0 Å². The highest BCUT2D eigenvalue weighted by Gasteiger charge is 2.08. The van der Waals surface area contributed by atoms with Crippen molar-refractivity contribution in [2.75, 3.05) is 13.7 Å². The Balaban J connectivity index is 2.59. The second-order valence-corrected chi connectivity index (χ2v) is 3.51. The van der Waals surface area contributed by atoms with Gasteiger partial charge in [-0.15, -0.1) is 0 Å². The van der Waals surface area contributed by atoms with Crippen LogP contribution >= 0.6 is 0 Å². The summed E-state index contributed by atoms with van der Waals surface area (Å²) in [5.41, 5.74) is 0.565. The first-order valence-corrected chi connectivity index (χ1v) is 5.52. The van der Waals surface area contributed by atoms with Crippen LogP contribution in [0.25, 0.3) is 0 Å². The van der Waals surface area contributed by atoms with Crippen molar-refractivity contribution >= 4 is 11.8 Å². The van der Waals surface area contributed by atoms with E-state index in [1.54, 1.807) is 12.3 Å². The number of carbonyl (C=O) groups excluding carboxylic acids is 1. The lowest BCUT2D eigenvalue weighted by Gasteiger charge is -2.01. The molecule has 4 nitrogen and oxygen atoms in total. The van der Waals surface area contributed by atoms with Crippen molar-refractivity contribution in [1.29, 1.82) is 0 Å². The number of unbranched alkanes of at least 4 members (excludes halogenated alkanes) is 1. The van der Waals surface area contributed by atoms with Gasteiger partial charge in [0.05, 0.1) is 12.7 Å². The molecule has 1 N–H and O–H groups in total. The van der Waals surface area contributed by atoms with Gasteiger partial charge < -0.3 is 10.1 Å². The predicted molar refractivity (Wildman–Crippen MR) is 64.2 cm³/mol. The maximum Gasteiger partial charge on any atom is 0.337 e. The van der Waals surface area contributed by atoms with Gasteiger partial charge in [-0.2, -0.15) is 0 Å². The van der Waals surface area contributed by atoms with Gasteiger partial charge in [-0.05, 0) is 12.5 Å². The second kappa shape index (κ2) is 6.82. The number of carbonyl (C=O) groups is 1. The van der Waals surface area contributed by atoms with E-state index in [1.165, 1.54) is 7.11 Å². The molecule has 1 aliphatic heterocycles. The van der Waals surface area contributed by atoms with Crippen molar-refractivity contribution in [3.05, 3.63) is 23.9 Å². The highest BCUT2D eigenvalue weighted by atomic mass is 16.5. The maximum absolute atomic E-state index is 11.3. The van der Waals surface area contributed by atoms with Crippen LogP contribution < -0.4 is 5.32 Å². The molecule has 0 unspecified atom stereocenters. The molecule has 88 valence electrons. The van der Waals surface area contributed by atoms with Gasteiger partial charge in [0.15, 0.2) is 0 Å². The van der Waals surface area contributed by atoms with E-state index >= 15 is 0 Å². The summed E-state index contributed by atoms with van der Waals surface area (Å²) in [7, 11) is 1.38. The van der Waals surface area contributed by atoms with Gasteiger partial charge in [0.1, 0.15) is 5.84 Å². The van der Waals surface area contributed by atoms with E-state index in [-0.39, 0.29) is 5.97 Å². The van der Waals surface area contributed by atoms with E-state index < -0.39 is 0 Å². The van der Waals surface area contributed by atoms with Crippen molar-refractivity contribution in [3.8, 4) is 0 Å². The largest absolute Gasteiger partial charge is 0.465 e. The van der Waals surface area contributed by atoms with Crippen molar-refractivity contribution < 1.29 is 9.53 Å². The lowest BCUT2D eigenvalue weighted by molar-refractivity contribution is -0.135. The number of nitrogens with one attached hydrogen (secondary N) is 1. The van der Waals surface area contributed by atoms with Crippen LogP contribution in [0, 0.1) is 0 Å². The number of aliphatic imine (C=N–C) groups is 1. The summed E-state index contributed by atoms with van der Waals surface area (Å²) < 4.78 is 4.65. The number of methoxy groups -OCH3 is 1. The van der Waals surface area contributed by atoms with Crippen molar-refractivity contribution in [2.24, 2.45) is 4.99 Å². The number of hydrogen-bond acceptors (Lipinski definition) is 3. The molecule has 0 saturated heterocycles. The van der Waals surface area contributed by atoms with Crippen molar-refractivity contribution in [3.63, 3.8) is 0 Å². The van der Waals surface area contributed by atoms with Gasteiger partial charge in [-0.3, -0.25) is 4.99 Å². The fourth-order valence-electron chi connectivity index (χ4n) is 1.31. The summed E-state index contributed by atoms with van der Waals surface area (Å²) in [5, 5.41) is 3.06. The summed E-state index contributed by atoms with van der Waals surface area (Å²) in [6, 6.07) is 0. The third-order valence-corrected chi connectivity index (χ3v) is 2.26. The molecule has 0 saturated carbocycles. The van der Waals surface area contributed by atoms with Crippen LogP contribution in [0.15, 0.2) is 28.9 Å². The molecule has 0 aromatic rings. The predicted octanol–water partition coefficient (Wildman–Crippen LogP) is 1.79. The van der Waals surface area contributed by atoms with Crippen molar-refractivity contribution in [2.45, 2.75) is 26.2 Å². The number of ether oxygens (including phenoxy) is 1. The Labute approximate surface area is 96.1 Å². The van der Waals surface area contributed by atoms with Gasteiger partial charge in [0, 0.05) is 19.2 Å². The lowest BCUT2D eigenvalue weighted by Crippen LogP contribution is -2.15. The quantitative estimate of drug-likeness (QED) is 0.583. The summed E-state index contributed by atoms with van der Waals surface area (Å²) in [5.74, 6) is 0.580. The minimum absolute atomic E-state index is 0.312. The molecule has 0 bridgehead atoms. The molecule has 1 aliphatic rings. The molecular weight excluding hydrogens is 204 g/mol. The minimum Gasteiger partial charge on any atom is -0.465 e. The molecule has 0 amide bonds. The third kappa shape index (κ3) is 3.88. The second-order valence-electron chi connectivity index (χ2n) is 3.51. The molecule has 1 heterocycles. The first kappa shape index (κ1) is 12.5. The molecule has 0 fully saturated rings. The summed E-state index contributed by atoms with van der Waals surface area (Å²) in [4.78, 5) is 15.7. The number of nitrogens with zero attached hydrogens (tertiary/aromatic N) is 1. The molecule has 1 rings (SSSR count). The lowest BCUT2D eigenvalue weighted by atomic mass is 10.2. The fraction of sp³-hybridized carbons (Fsp3) is 0.500. The van der Waals surface area contributed by atoms with Gasteiger partial charge in [-0.1, -0.05) is 19.4 Å². The molecule has 4 heteroatoms. The third-order valence-electron chi connectivity index (χ3n) is 2.26. The molecule has 0 aromatic carbocycles. The van der Waals surface area contributed by atoms with Crippen LogP contribution in [0.2, 0.25) is 0 Å². The van der Waals surface area contributed by atoms with E-state index in [9.17, 15) is 4.79 Å². The van der Waals surface area contributed by atoms with Crippen molar-refractivity contribution in [1.82, 2.24) is 5.32 Å². The smallest absolute Gasteiger partial charge is 0.337 e. The monoisotopic (exact) mass is 222 g/mol. The molecule has 0 atom stereocenters. The number of amidine groups is 1. The summed E-state index contributed by atoms with van der Waals surface area (Å²) in [6.07, 6.45) is 8.11. The molecule has 0 radical (unpaired) electrons. The Morgan fingerprint density at radius 1 is 1.62 bits per heavy atom. The van der Waals surface area contributed by atoms with E-state index in [0.717, 1.165) is 25.2 Å². The van der Waals surface area contributed by atoms with Gasteiger partial charge >= 0.3 is 5.97 Å². The molecule has 0 spiro atoms. The van der Waals surface area contributed by atoms with Crippen LogP contribution in [0.1, 0.15) is 26.2 Å². The highest BCUT2D eigenvalue weighted by Crippen LogP contribution is 2.05. The number of hydrogen-bond donors (Lipinski definition) is 1. The van der Waals surface area contributed by atoms with E-state index in [4.69, 9.17) is 0 Å². The standard InChI is InChI=1S/C12H18N2O2/c1-3-4-8-13-11-6-5-10(7-9-14-11)12(15)16-2/h5,7,9H,3-4,6,8H2,1-2H3,(H,13,14). The number of rotatable bonds is 4. The average molecular weight is 222 g/mol. The Morgan fingerprint density at radius 3 is 3.12 bits per heavy atom. The highest BCUT2D eigenvalue weighted by molar-refractivity contribution is 5.94. The first-order valence-electron chi connectivity index (χ1n) is 5.52. The molecular formula is C12H18N2O2. The summed E-state index contributed by atoms with van der Waals surface area (Å²) >= 11 is 0. The summed E-state index contributed by atoms with van der Waals surface area (Å²) in [6.45, 7) is 2.96. The average Bonchev–Trinajstić information content (AvgIpc) is 2.54. The Morgan fingerprint density at radius 2 is 2.44 bits per heavy atom. The molecule has 0 aliphatic carbocycles. The van der Waals surface area contributed by atoms with E-state index in [0.29, 0.717) is 12.0 Å². The Bertz CT molecular complexity index is 330. The van der Waals surface area contributed by atoms with Gasteiger partial charge in [-0.25, -0.2) is 4.79 Å². The maximum atomic E-state index is 11.3. The van der Waals surface area contributed by atoms with Gasteiger partial charge in [0.2, 0.25) is 0 Å². The number of esters is 1. The van der Waals surface area contributed by atoms with Crippen LogP contribution in [0.4, 0.5) is 0 Å². The van der Waals surface area contributed by atoms with Crippen LogP contribution in [-0.4, -0.2) is 25.5 Å².